The van der Waals surface area contributed by atoms with Crippen LogP contribution in [0.5, 0.6) is 0 Å². The Hall–Kier alpha value is -1.89. The van der Waals surface area contributed by atoms with E-state index in [0.29, 0.717) is 18.0 Å². The van der Waals surface area contributed by atoms with E-state index in [1.807, 2.05) is 11.8 Å². The van der Waals surface area contributed by atoms with Crippen LogP contribution < -0.4 is 4.90 Å². The van der Waals surface area contributed by atoms with Crippen molar-refractivity contribution in [2.24, 2.45) is 0 Å². The Kier molecular flexibility index (Phi) is 4.39. The number of halogens is 1. The molecule has 2 heterocycles. The van der Waals surface area contributed by atoms with Crippen molar-refractivity contribution in [2.75, 3.05) is 32.1 Å². The van der Waals surface area contributed by atoms with E-state index >= 15 is 0 Å². The van der Waals surface area contributed by atoms with Crippen molar-refractivity contribution in [1.29, 1.82) is 0 Å². The summed E-state index contributed by atoms with van der Waals surface area (Å²) >= 11 is 5.93. The maximum Gasteiger partial charge on any atom is 0.241 e. The number of hydrogen-bond acceptors (Lipinski definition) is 5. The van der Waals surface area contributed by atoms with E-state index in [-0.39, 0.29) is 17.7 Å². The van der Waals surface area contributed by atoms with Gasteiger partial charge in [-0.2, -0.15) is 15.1 Å². The fourth-order valence-electron chi connectivity index (χ4n) is 1.87. The quantitative estimate of drug-likeness (QED) is 0.842. The minimum absolute atomic E-state index is 0.00447. The molecule has 0 saturated carbocycles. The zero-order valence-electron chi connectivity index (χ0n) is 11.7. The molecule has 0 aliphatic carbocycles. The maximum absolute atomic E-state index is 11.9. The predicted molar refractivity (Wildman–Crippen MR) is 77.9 cm³/mol. The molecule has 8 heteroatoms. The summed E-state index contributed by atoms with van der Waals surface area (Å²) in [5, 5.41) is 7.61. The van der Waals surface area contributed by atoms with Crippen LogP contribution in [-0.2, 0) is 4.79 Å². The number of likely N-dealkylation sites (N-methyl/N-ethyl adjacent to an activating group) is 1. The number of fused-ring (bicyclic) bond motifs is 1. The van der Waals surface area contributed by atoms with E-state index in [2.05, 4.69) is 20.2 Å². The molecule has 2 aromatic rings. The number of amides is 1. The fourth-order valence-corrected chi connectivity index (χ4v) is 2.03. The summed E-state index contributed by atoms with van der Waals surface area (Å²) in [6.07, 6.45) is 2.53. The van der Waals surface area contributed by atoms with Crippen molar-refractivity contribution in [3.8, 4) is 0 Å². The summed E-state index contributed by atoms with van der Waals surface area (Å²) in [5.74, 6) is 0.635. The lowest BCUT2D eigenvalue weighted by Crippen LogP contribution is -2.37. The Labute approximate surface area is 121 Å². The molecule has 0 radical (unpaired) electrons. The first-order valence-corrected chi connectivity index (χ1v) is 6.72. The molecule has 0 saturated heterocycles. The van der Waals surface area contributed by atoms with Gasteiger partial charge in [-0.1, -0.05) is 6.92 Å². The number of carbonyl (C=O) groups is 1. The van der Waals surface area contributed by atoms with Gasteiger partial charge in [-0.25, -0.2) is 0 Å². The number of hydrogen-bond donors (Lipinski definition) is 1. The highest BCUT2D eigenvalue weighted by Crippen LogP contribution is 2.24. The highest BCUT2D eigenvalue weighted by Gasteiger charge is 2.18. The Morgan fingerprint density at radius 1 is 1.40 bits per heavy atom. The van der Waals surface area contributed by atoms with Gasteiger partial charge in [-0.3, -0.25) is 9.89 Å². The van der Waals surface area contributed by atoms with Gasteiger partial charge in [0.15, 0.2) is 5.65 Å². The second-order valence-electron chi connectivity index (χ2n) is 4.66. The molecule has 2 aromatic heterocycles. The van der Waals surface area contributed by atoms with Gasteiger partial charge in [0, 0.05) is 20.6 Å². The van der Waals surface area contributed by atoms with Gasteiger partial charge in [0.05, 0.1) is 18.1 Å². The first-order valence-electron chi connectivity index (χ1n) is 6.34. The smallest absolute Gasteiger partial charge is 0.241 e. The number of carbonyl (C=O) groups excluding carboxylic acids is 1. The van der Waals surface area contributed by atoms with E-state index in [9.17, 15) is 4.79 Å². The molecule has 0 aliphatic heterocycles. The Morgan fingerprint density at radius 3 is 2.80 bits per heavy atom. The molecule has 0 aromatic carbocycles. The molecular weight excluding hydrogens is 280 g/mol. The van der Waals surface area contributed by atoms with Crippen molar-refractivity contribution in [3.05, 3.63) is 11.5 Å². The lowest BCUT2D eigenvalue weighted by atomic mass is 10.3. The minimum atomic E-state index is 0.00447. The number of rotatable bonds is 5. The van der Waals surface area contributed by atoms with Gasteiger partial charge in [0.25, 0.3) is 0 Å². The van der Waals surface area contributed by atoms with Crippen LogP contribution >= 0.6 is 11.6 Å². The largest absolute Gasteiger partial charge is 0.347 e. The molecule has 20 heavy (non-hydrogen) atoms. The van der Waals surface area contributed by atoms with Crippen LogP contribution in [0.1, 0.15) is 13.3 Å². The van der Waals surface area contributed by atoms with Crippen LogP contribution in [0.15, 0.2) is 6.20 Å². The van der Waals surface area contributed by atoms with Crippen molar-refractivity contribution < 1.29 is 4.79 Å². The van der Waals surface area contributed by atoms with Crippen LogP contribution in [0.4, 0.5) is 5.82 Å². The highest BCUT2D eigenvalue weighted by atomic mass is 35.5. The zero-order valence-corrected chi connectivity index (χ0v) is 12.5. The monoisotopic (exact) mass is 296 g/mol. The first kappa shape index (κ1) is 14.5. The standard InChI is InChI=1S/C12H17ClN6O/c1-4-5-19(7-9(20)18(2)3)11-8-6-14-17-10(8)15-12(13)16-11/h6H,4-5,7H2,1-3H3,(H,14,15,16,17). The molecule has 0 aliphatic rings. The van der Waals surface area contributed by atoms with Crippen molar-refractivity contribution in [1.82, 2.24) is 25.1 Å². The van der Waals surface area contributed by atoms with Crippen LogP contribution in [0.2, 0.25) is 5.28 Å². The van der Waals surface area contributed by atoms with Gasteiger partial charge in [0.1, 0.15) is 5.82 Å². The lowest BCUT2D eigenvalue weighted by Gasteiger charge is -2.24. The molecule has 0 unspecified atom stereocenters. The van der Waals surface area contributed by atoms with Crippen molar-refractivity contribution in [2.45, 2.75) is 13.3 Å². The molecule has 2 rings (SSSR count). The second kappa shape index (κ2) is 6.04. The second-order valence-corrected chi connectivity index (χ2v) is 5.00. The summed E-state index contributed by atoms with van der Waals surface area (Å²) in [6.45, 7) is 2.99. The average molecular weight is 297 g/mol. The van der Waals surface area contributed by atoms with Gasteiger partial charge in [-0.05, 0) is 18.0 Å². The molecule has 0 fully saturated rings. The summed E-state index contributed by atoms with van der Waals surface area (Å²) in [4.78, 5) is 23.7. The number of aromatic amines is 1. The highest BCUT2D eigenvalue weighted by molar-refractivity contribution is 6.28. The Bertz CT molecular complexity index is 611. The van der Waals surface area contributed by atoms with E-state index in [0.717, 1.165) is 11.8 Å². The number of anilines is 1. The van der Waals surface area contributed by atoms with Crippen molar-refractivity contribution >= 4 is 34.4 Å². The molecule has 1 amide bonds. The normalized spacial score (nSPS) is 10.8. The number of aromatic nitrogens is 4. The number of nitrogens with zero attached hydrogens (tertiary/aromatic N) is 5. The summed E-state index contributed by atoms with van der Waals surface area (Å²) in [6, 6.07) is 0. The Morgan fingerprint density at radius 2 is 2.15 bits per heavy atom. The maximum atomic E-state index is 11.9. The number of H-pyrrole nitrogens is 1. The first-order chi connectivity index (χ1) is 9.52. The fraction of sp³-hybridized carbons (Fsp3) is 0.500. The van der Waals surface area contributed by atoms with Gasteiger partial charge >= 0.3 is 0 Å². The summed E-state index contributed by atoms with van der Waals surface area (Å²) in [5.41, 5.74) is 0.568. The van der Waals surface area contributed by atoms with E-state index in [1.165, 1.54) is 0 Å². The van der Waals surface area contributed by atoms with E-state index in [1.54, 1.807) is 25.2 Å². The third kappa shape index (κ3) is 2.98. The van der Waals surface area contributed by atoms with Crippen LogP contribution in [0, 0.1) is 0 Å². The summed E-state index contributed by atoms with van der Waals surface area (Å²) in [7, 11) is 3.46. The lowest BCUT2D eigenvalue weighted by molar-refractivity contribution is -0.127. The van der Waals surface area contributed by atoms with Crippen molar-refractivity contribution in [3.63, 3.8) is 0 Å². The molecule has 1 N–H and O–H groups in total. The molecule has 0 spiro atoms. The summed E-state index contributed by atoms with van der Waals surface area (Å²) < 4.78 is 0. The van der Waals surface area contributed by atoms with Gasteiger partial charge < -0.3 is 9.80 Å². The molecule has 0 atom stereocenters. The molecule has 7 nitrogen and oxygen atoms in total. The minimum Gasteiger partial charge on any atom is -0.347 e. The topological polar surface area (TPSA) is 78.0 Å². The number of nitrogens with one attached hydrogen (secondary N) is 1. The third-order valence-corrected chi connectivity index (χ3v) is 3.05. The third-order valence-electron chi connectivity index (χ3n) is 2.88. The predicted octanol–water partition coefficient (Wildman–Crippen LogP) is 1.31. The molecular formula is C12H17ClN6O. The SMILES string of the molecule is CCCN(CC(=O)N(C)C)c1nc(Cl)nc2[nH]ncc12. The van der Waals surface area contributed by atoms with Gasteiger partial charge in [-0.15, -0.1) is 0 Å². The molecule has 108 valence electrons. The Balaban J connectivity index is 2.40. The van der Waals surface area contributed by atoms with E-state index in [4.69, 9.17) is 11.6 Å². The zero-order chi connectivity index (χ0) is 14.7. The molecule has 0 bridgehead atoms. The van der Waals surface area contributed by atoms with Crippen LogP contribution in [0.25, 0.3) is 11.0 Å². The van der Waals surface area contributed by atoms with E-state index < -0.39 is 0 Å². The van der Waals surface area contributed by atoms with Crippen LogP contribution in [0.3, 0.4) is 0 Å². The van der Waals surface area contributed by atoms with Crippen LogP contribution in [-0.4, -0.2) is 58.2 Å². The van der Waals surface area contributed by atoms with Gasteiger partial charge in [0.2, 0.25) is 11.2 Å². The average Bonchev–Trinajstić information content (AvgIpc) is 2.84.